The van der Waals surface area contributed by atoms with Crippen molar-refractivity contribution in [1.82, 2.24) is 0 Å². The molecule has 0 saturated heterocycles. The van der Waals surface area contributed by atoms with Crippen molar-refractivity contribution in [1.29, 1.82) is 0 Å². The second-order valence-electron chi connectivity index (χ2n) is 15.9. The van der Waals surface area contributed by atoms with Crippen LogP contribution in [0.3, 0.4) is 0 Å². The number of hydrogen-bond donors (Lipinski definition) is 3. The molecule has 0 aliphatic heterocycles. The van der Waals surface area contributed by atoms with E-state index in [1.165, 1.54) is 103 Å². The fourth-order valence-electron chi connectivity index (χ4n) is 6.49. The summed E-state index contributed by atoms with van der Waals surface area (Å²) in [5, 5.41) is 8.90. The minimum absolute atomic E-state index is 0.143. The van der Waals surface area contributed by atoms with Crippen LogP contribution in [0, 0.1) is 0 Å². The topological polar surface area (TPSA) is 172 Å². The molecule has 4 N–H and O–H groups in total. The van der Waals surface area contributed by atoms with Gasteiger partial charge >= 0.3 is 25.7 Å². The zero-order valence-corrected chi connectivity index (χ0v) is 38.2. The van der Waals surface area contributed by atoms with Crippen molar-refractivity contribution in [2.24, 2.45) is 5.73 Å². The number of allylic oxidation sites excluding steroid dienone is 6. The van der Waals surface area contributed by atoms with Gasteiger partial charge in [-0.25, -0.2) is 4.57 Å². The molecule has 0 radical (unpaired) electrons. The van der Waals surface area contributed by atoms with E-state index in [-0.39, 0.29) is 19.4 Å². The first kappa shape index (κ1) is 56.7. The van der Waals surface area contributed by atoms with Crippen LogP contribution in [0.2, 0.25) is 0 Å². The smallest absolute Gasteiger partial charge is 0.472 e. The Bertz CT molecular complexity index is 1140. The van der Waals surface area contributed by atoms with Crippen molar-refractivity contribution in [2.45, 2.75) is 225 Å². The Morgan fingerprint density at radius 3 is 1.42 bits per heavy atom. The number of carbonyl (C=O) groups excluding carboxylic acids is 2. The number of carbonyl (C=O) groups is 3. The van der Waals surface area contributed by atoms with E-state index in [0.29, 0.717) is 12.8 Å². The molecule has 3 atom stereocenters. The number of hydrogen-bond acceptors (Lipinski definition) is 9. The zero-order valence-electron chi connectivity index (χ0n) is 37.3. The van der Waals surface area contributed by atoms with Gasteiger partial charge in [0.2, 0.25) is 0 Å². The number of unbranched alkanes of at least 4 members (excludes halogenated alkanes) is 24. The van der Waals surface area contributed by atoms with Gasteiger partial charge in [-0.3, -0.25) is 23.4 Å². The average molecular weight is 856 g/mol. The third-order valence-electron chi connectivity index (χ3n) is 10.2. The second kappa shape index (κ2) is 42.4. The highest BCUT2D eigenvalue weighted by Crippen LogP contribution is 2.43. The van der Waals surface area contributed by atoms with E-state index in [9.17, 15) is 23.8 Å². The first-order chi connectivity index (χ1) is 28.6. The van der Waals surface area contributed by atoms with Gasteiger partial charge in [0, 0.05) is 12.8 Å². The standard InChI is InChI=1S/C47H86NO10P/c1-3-5-7-9-11-13-15-17-19-20-21-22-23-25-26-28-30-32-34-36-38-45(49)55-40-43(41-56-59(53,54)57-42-44(48)47(51)52)58-46(50)39-37-35-33-31-29-27-24-18-16-14-12-10-8-6-4-2/h6,8,12,14,18,24,43-44H,3-5,7,9-11,13,15-17,19-23,25-42,48H2,1-2H3,(H,51,52)(H,53,54)/b8-6-,14-12-,24-18-. The van der Waals surface area contributed by atoms with Crippen molar-refractivity contribution in [3.05, 3.63) is 36.5 Å². The summed E-state index contributed by atoms with van der Waals surface area (Å²) in [6, 6.07) is -1.52. The maximum Gasteiger partial charge on any atom is 0.472 e. The van der Waals surface area contributed by atoms with Crippen molar-refractivity contribution in [2.75, 3.05) is 19.8 Å². The van der Waals surface area contributed by atoms with Crippen molar-refractivity contribution >= 4 is 25.7 Å². The predicted molar refractivity (Wildman–Crippen MR) is 240 cm³/mol. The summed E-state index contributed by atoms with van der Waals surface area (Å²) in [4.78, 5) is 46.0. The van der Waals surface area contributed by atoms with E-state index in [0.717, 1.165) is 70.6 Å². The van der Waals surface area contributed by atoms with Gasteiger partial charge in [-0.05, 0) is 44.9 Å². The highest BCUT2D eigenvalue weighted by Gasteiger charge is 2.28. The number of carboxylic acids is 1. The summed E-state index contributed by atoms with van der Waals surface area (Å²) in [7, 11) is -4.72. The quantitative estimate of drug-likeness (QED) is 0.0230. The van der Waals surface area contributed by atoms with Gasteiger partial charge < -0.3 is 25.2 Å². The van der Waals surface area contributed by atoms with Gasteiger partial charge in [0.05, 0.1) is 13.2 Å². The lowest BCUT2D eigenvalue weighted by atomic mass is 10.0. The minimum Gasteiger partial charge on any atom is -0.480 e. The number of phosphoric acid groups is 1. The van der Waals surface area contributed by atoms with E-state index >= 15 is 0 Å². The molecule has 0 aliphatic rings. The number of nitrogens with two attached hydrogens (primary N) is 1. The van der Waals surface area contributed by atoms with Crippen LogP contribution < -0.4 is 5.73 Å². The Morgan fingerprint density at radius 2 is 0.949 bits per heavy atom. The van der Waals surface area contributed by atoms with Crippen LogP contribution in [0.5, 0.6) is 0 Å². The van der Waals surface area contributed by atoms with Crippen molar-refractivity contribution < 1.29 is 47.5 Å². The molecule has 0 aromatic rings. The van der Waals surface area contributed by atoms with Crippen LogP contribution in [-0.2, 0) is 37.5 Å². The largest absolute Gasteiger partial charge is 0.480 e. The van der Waals surface area contributed by atoms with Crippen LogP contribution >= 0.6 is 7.82 Å². The number of ether oxygens (including phenoxy) is 2. The molecule has 0 heterocycles. The van der Waals surface area contributed by atoms with Gasteiger partial charge in [-0.1, -0.05) is 192 Å². The van der Waals surface area contributed by atoms with Crippen molar-refractivity contribution in [3.63, 3.8) is 0 Å². The van der Waals surface area contributed by atoms with Gasteiger partial charge in [0.15, 0.2) is 6.10 Å². The third-order valence-corrected chi connectivity index (χ3v) is 11.1. The van der Waals surface area contributed by atoms with Gasteiger partial charge in [0.1, 0.15) is 12.6 Å². The zero-order chi connectivity index (χ0) is 43.5. The molecule has 0 bridgehead atoms. The maximum absolute atomic E-state index is 12.6. The molecule has 3 unspecified atom stereocenters. The molecule has 344 valence electrons. The highest BCUT2D eigenvalue weighted by molar-refractivity contribution is 7.47. The molecule has 0 aromatic carbocycles. The lowest BCUT2D eigenvalue weighted by Crippen LogP contribution is -2.34. The molecule has 59 heavy (non-hydrogen) atoms. The molecule has 0 fully saturated rings. The van der Waals surface area contributed by atoms with Crippen LogP contribution in [0.25, 0.3) is 0 Å². The lowest BCUT2D eigenvalue weighted by Gasteiger charge is -2.20. The van der Waals surface area contributed by atoms with Gasteiger partial charge in [-0.2, -0.15) is 0 Å². The second-order valence-corrected chi connectivity index (χ2v) is 17.3. The summed E-state index contributed by atoms with van der Waals surface area (Å²) >= 11 is 0. The predicted octanol–water partition coefficient (Wildman–Crippen LogP) is 12.8. The number of phosphoric ester groups is 1. The van der Waals surface area contributed by atoms with Gasteiger partial charge in [-0.15, -0.1) is 0 Å². The van der Waals surface area contributed by atoms with E-state index in [4.69, 9.17) is 24.8 Å². The Hall–Kier alpha value is -2.30. The molecule has 0 rings (SSSR count). The SMILES string of the molecule is CC/C=C\C/C=C\C/C=C\CCCCCCCC(=O)OC(COC(=O)CCCCCCCCCCCCCCCCCCCCCC)COP(=O)(O)OCC(N)C(=O)O. The Kier molecular flexibility index (Phi) is 40.7. The van der Waals surface area contributed by atoms with E-state index in [1.54, 1.807) is 0 Å². The summed E-state index contributed by atoms with van der Waals surface area (Å²) < 4.78 is 32.7. The molecule has 0 saturated carbocycles. The number of rotatable bonds is 44. The molecule has 11 nitrogen and oxygen atoms in total. The summed E-state index contributed by atoms with van der Waals surface area (Å²) in [5.74, 6) is -2.39. The van der Waals surface area contributed by atoms with Crippen LogP contribution in [0.1, 0.15) is 213 Å². The highest BCUT2D eigenvalue weighted by atomic mass is 31.2. The first-order valence-corrected chi connectivity index (χ1v) is 25.0. The van der Waals surface area contributed by atoms with Crippen LogP contribution in [0.15, 0.2) is 36.5 Å². The molecular weight excluding hydrogens is 769 g/mol. The lowest BCUT2D eigenvalue weighted by molar-refractivity contribution is -0.161. The molecule has 0 aromatic heterocycles. The minimum atomic E-state index is -4.72. The summed E-state index contributed by atoms with van der Waals surface area (Å²) in [6.07, 6.45) is 46.4. The average Bonchev–Trinajstić information content (AvgIpc) is 3.21. The first-order valence-electron chi connectivity index (χ1n) is 23.5. The van der Waals surface area contributed by atoms with E-state index in [2.05, 4.69) is 54.8 Å². The number of carboxylic acid groups (broad SMARTS) is 1. The van der Waals surface area contributed by atoms with E-state index in [1.807, 2.05) is 0 Å². The number of aliphatic carboxylic acids is 1. The van der Waals surface area contributed by atoms with Crippen molar-refractivity contribution in [3.8, 4) is 0 Å². The third kappa shape index (κ3) is 42.2. The summed E-state index contributed by atoms with van der Waals surface area (Å²) in [5.41, 5.74) is 5.34. The molecule has 0 amide bonds. The van der Waals surface area contributed by atoms with Gasteiger partial charge in [0.25, 0.3) is 0 Å². The fourth-order valence-corrected chi connectivity index (χ4v) is 7.27. The normalized spacial score (nSPS) is 14.0. The molecular formula is C47H86NO10P. The maximum atomic E-state index is 12.6. The Labute approximate surface area is 359 Å². The van der Waals surface area contributed by atoms with Crippen LogP contribution in [0.4, 0.5) is 0 Å². The Morgan fingerprint density at radius 1 is 0.542 bits per heavy atom. The molecule has 0 aliphatic carbocycles. The Balaban J connectivity index is 4.27. The van der Waals surface area contributed by atoms with E-state index < -0.39 is 51.1 Å². The molecule has 12 heteroatoms. The monoisotopic (exact) mass is 856 g/mol. The molecule has 0 spiro atoms. The summed E-state index contributed by atoms with van der Waals surface area (Å²) in [6.45, 7) is 2.70. The number of esters is 2. The van der Waals surface area contributed by atoms with Crippen LogP contribution in [-0.4, -0.2) is 59.9 Å². The fraction of sp³-hybridized carbons (Fsp3) is 0.809.